The number of nitrogen functional groups attached to an aromatic ring is 1. The van der Waals surface area contributed by atoms with Crippen LogP contribution in [0, 0.1) is 5.92 Å². The zero-order chi connectivity index (χ0) is 15.3. The van der Waals surface area contributed by atoms with Gasteiger partial charge in [-0.3, -0.25) is 0 Å². The number of benzene rings is 1. The smallest absolute Gasteiger partial charge is 0.280 e. The van der Waals surface area contributed by atoms with Crippen molar-refractivity contribution in [1.29, 1.82) is 0 Å². The Balaban J connectivity index is 0.00000156. The number of nitrogens with one attached hydrogen (secondary N) is 1. The molecular formula is C16H24ClN3O2S. The van der Waals surface area contributed by atoms with Crippen molar-refractivity contribution >= 4 is 28.3 Å². The summed E-state index contributed by atoms with van der Waals surface area (Å²) >= 11 is 0. The summed E-state index contributed by atoms with van der Waals surface area (Å²) < 4.78 is 30.2. The van der Waals surface area contributed by atoms with E-state index >= 15 is 0 Å². The van der Waals surface area contributed by atoms with Crippen LogP contribution in [-0.2, 0) is 16.6 Å². The number of hydrogen-bond acceptors (Lipinski definition) is 3. The Kier molecular flexibility index (Phi) is 4.62. The van der Waals surface area contributed by atoms with Crippen LogP contribution in [0.15, 0.2) is 18.2 Å². The van der Waals surface area contributed by atoms with Crippen LogP contribution in [0.2, 0.25) is 0 Å². The van der Waals surface area contributed by atoms with Crippen molar-refractivity contribution in [3.8, 4) is 0 Å². The maximum atomic E-state index is 12.8. The van der Waals surface area contributed by atoms with E-state index in [0.29, 0.717) is 12.5 Å². The highest BCUT2D eigenvalue weighted by atomic mass is 35.5. The van der Waals surface area contributed by atoms with Crippen molar-refractivity contribution in [2.45, 2.75) is 50.6 Å². The van der Waals surface area contributed by atoms with Gasteiger partial charge in [0.2, 0.25) is 0 Å². The molecule has 3 unspecified atom stereocenters. The summed E-state index contributed by atoms with van der Waals surface area (Å²) in [5, 5.41) is 0. The fourth-order valence-electron chi connectivity index (χ4n) is 4.38. The van der Waals surface area contributed by atoms with E-state index in [2.05, 4.69) is 4.72 Å². The highest BCUT2D eigenvalue weighted by Gasteiger charge is 2.44. The molecule has 1 aromatic carbocycles. The van der Waals surface area contributed by atoms with Gasteiger partial charge in [-0.15, -0.1) is 12.4 Å². The number of hydrogen-bond donors (Lipinski definition) is 2. The van der Waals surface area contributed by atoms with E-state index in [1.165, 1.54) is 12.0 Å². The van der Waals surface area contributed by atoms with Gasteiger partial charge >= 0.3 is 0 Å². The molecule has 1 heterocycles. The third-order valence-electron chi connectivity index (χ3n) is 5.44. The van der Waals surface area contributed by atoms with Gasteiger partial charge in [0.05, 0.1) is 0 Å². The fourth-order valence-corrected chi connectivity index (χ4v) is 6.11. The Morgan fingerprint density at radius 3 is 2.74 bits per heavy atom. The largest absolute Gasteiger partial charge is 0.399 e. The average Bonchev–Trinajstić information content (AvgIpc) is 3.10. The predicted molar refractivity (Wildman–Crippen MR) is 93.7 cm³/mol. The molecular weight excluding hydrogens is 334 g/mol. The minimum Gasteiger partial charge on any atom is -0.399 e. The normalized spacial score (nSPS) is 30.0. The van der Waals surface area contributed by atoms with Crippen LogP contribution >= 0.6 is 12.4 Å². The summed E-state index contributed by atoms with van der Waals surface area (Å²) in [6, 6.07) is 5.93. The highest BCUT2D eigenvalue weighted by Crippen LogP contribution is 2.39. The van der Waals surface area contributed by atoms with Crippen molar-refractivity contribution in [1.82, 2.24) is 9.03 Å². The third kappa shape index (κ3) is 3.09. The van der Waals surface area contributed by atoms with E-state index in [-0.39, 0.29) is 24.5 Å². The number of anilines is 1. The van der Waals surface area contributed by atoms with Crippen molar-refractivity contribution < 1.29 is 8.42 Å². The van der Waals surface area contributed by atoms with E-state index in [1.807, 2.05) is 18.2 Å². The lowest BCUT2D eigenvalue weighted by molar-refractivity contribution is 0.324. The van der Waals surface area contributed by atoms with Crippen LogP contribution in [0.1, 0.15) is 49.3 Å². The summed E-state index contributed by atoms with van der Waals surface area (Å²) in [5.74, 6) is 0.569. The highest BCUT2D eigenvalue weighted by molar-refractivity contribution is 7.87. The third-order valence-corrected chi connectivity index (χ3v) is 7.09. The predicted octanol–water partition coefficient (Wildman–Crippen LogP) is 2.39. The molecule has 2 fully saturated rings. The summed E-state index contributed by atoms with van der Waals surface area (Å²) in [7, 11) is -3.39. The van der Waals surface area contributed by atoms with Gasteiger partial charge < -0.3 is 5.73 Å². The molecule has 3 N–H and O–H groups in total. The molecule has 3 aliphatic rings. The molecule has 0 aromatic heterocycles. The molecule has 1 saturated heterocycles. The van der Waals surface area contributed by atoms with Crippen molar-refractivity contribution in [2.24, 2.45) is 5.92 Å². The number of nitrogens with two attached hydrogens (primary N) is 1. The molecule has 0 amide bonds. The molecule has 1 saturated carbocycles. The van der Waals surface area contributed by atoms with E-state index in [1.54, 1.807) is 4.31 Å². The molecule has 128 valence electrons. The first kappa shape index (κ1) is 17.0. The minimum absolute atomic E-state index is 0. The van der Waals surface area contributed by atoms with Crippen molar-refractivity contribution in [2.75, 3.05) is 12.3 Å². The fraction of sp³-hybridized carbons (Fsp3) is 0.625. The first-order chi connectivity index (χ1) is 10.5. The lowest BCUT2D eigenvalue weighted by Crippen LogP contribution is -2.46. The Morgan fingerprint density at radius 1 is 1.22 bits per heavy atom. The summed E-state index contributed by atoms with van der Waals surface area (Å²) in [6.07, 6.45) is 6.07. The van der Waals surface area contributed by atoms with Crippen LogP contribution in [0.25, 0.3) is 0 Å². The minimum atomic E-state index is -3.39. The van der Waals surface area contributed by atoms with E-state index in [4.69, 9.17) is 5.73 Å². The quantitative estimate of drug-likeness (QED) is 0.815. The Hall–Kier alpha value is -0.820. The molecule has 2 bridgehead atoms. The standard InChI is InChI=1S/C16H23N3O2S.ClH/c17-13-5-7-15-12(9-13)2-1-3-16(15)18-22(20,21)19-10-11-4-6-14(19)8-11;/h5,7,9,11,14,16,18H,1-4,6,8,10,17H2;1H. The van der Waals surface area contributed by atoms with Gasteiger partial charge in [-0.1, -0.05) is 6.07 Å². The van der Waals surface area contributed by atoms with Crippen LogP contribution < -0.4 is 10.5 Å². The number of halogens is 1. The van der Waals surface area contributed by atoms with Gasteiger partial charge in [0, 0.05) is 24.3 Å². The van der Waals surface area contributed by atoms with Crippen molar-refractivity contribution in [3.63, 3.8) is 0 Å². The van der Waals surface area contributed by atoms with Gasteiger partial charge in [-0.05, 0) is 67.7 Å². The molecule has 0 radical (unpaired) electrons. The van der Waals surface area contributed by atoms with E-state index < -0.39 is 10.2 Å². The second-order valence-corrected chi connectivity index (χ2v) is 8.58. The number of fused-ring (bicyclic) bond motifs is 3. The Bertz CT molecular complexity index is 695. The lowest BCUT2D eigenvalue weighted by atomic mass is 9.88. The molecule has 5 nitrogen and oxygen atoms in total. The molecule has 2 aliphatic carbocycles. The van der Waals surface area contributed by atoms with Crippen LogP contribution in [-0.4, -0.2) is 25.3 Å². The zero-order valence-corrected chi connectivity index (χ0v) is 14.7. The number of nitrogens with zero attached hydrogens (tertiary/aromatic N) is 1. The number of aryl methyl sites for hydroxylation is 1. The molecule has 4 rings (SSSR count). The van der Waals surface area contributed by atoms with Gasteiger partial charge in [0.25, 0.3) is 10.2 Å². The molecule has 3 atom stereocenters. The van der Waals surface area contributed by atoms with Crippen LogP contribution in [0.5, 0.6) is 0 Å². The first-order valence-corrected chi connectivity index (χ1v) is 9.64. The molecule has 23 heavy (non-hydrogen) atoms. The second-order valence-electron chi connectivity index (χ2n) is 6.93. The van der Waals surface area contributed by atoms with Gasteiger partial charge in [-0.2, -0.15) is 17.4 Å². The second kappa shape index (κ2) is 6.24. The molecule has 1 aliphatic heterocycles. The van der Waals surface area contributed by atoms with Crippen molar-refractivity contribution in [3.05, 3.63) is 29.3 Å². The molecule has 7 heteroatoms. The van der Waals surface area contributed by atoms with Gasteiger partial charge in [-0.25, -0.2) is 0 Å². The zero-order valence-electron chi connectivity index (χ0n) is 13.1. The SMILES string of the molecule is Cl.Nc1ccc2c(c1)CCCC2NS(=O)(=O)N1CC2CCC1C2. The summed E-state index contributed by atoms with van der Waals surface area (Å²) in [5.41, 5.74) is 8.87. The maximum absolute atomic E-state index is 12.8. The molecule has 0 spiro atoms. The number of piperidine rings is 1. The summed E-state index contributed by atoms with van der Waals surface area (Å²) in [6.45, 7) is 0.696. The molecule has 1 aromatic rings. The van der Waals surface area contributed by atoms with Crippen LogP contribution in [0.3, 0.4) is 0 Å². The van der Waals surface area contributed by atoms with E-state index in [9.17, 15) is 8.42 Å². The maximum Gasteiger partial charge on any atom is 0.280 e. The first-order valence-electron chi connectivity index (χ1n) is 8.20. The average molecular weight is 358 g/mol. The van der Waals surface area contributed by atoms with Crippen LogP contribution in [0.4, 0.5) is 5.69 Å². The van der Waals surface area contributed by atoms with Gasteiger partial charge in [0.15, 0.2) is 0 Å². The summed E-state index contributed by atoms with van der Waals surface area (Å²) in [4.78, 5) is 0. The monoisotopic (exact) mass is 357 g/mol. The number of rotatable bonds is 3. The van der Waals surface area contributed by atoms with Gasteiger partial charge in [0.1, 0.15) is 0 Å². The Labute approximate surface area is 144 Å². The Morgan fingerprint density at radius 2 is 2.04 bits per heavy atom. The topological polar surface area (TPSA) is 75.4 Å². The van der Waals surface area contributed by atoms with E-state index in [0.717, 1.165) is 43.4 Å². The lowest BCUT2D eigenvalue weighted by Gasteiger charge is -2.31.